The number of amides is 1. The number of nitrogens with one attached hydrogen (secondary N) is 1. The third-order valence-corrected chi connectivity index (χ3v) is 7.31. The second-order valence-corrected chi connectivity index (χ2v) is 9.16. The summed E-state index contributed by atoms with van der Waals surface area (Å²) in [5.41, 5.74) is 1.07. The molecular formula is C19H21BrN2O3S. The van der Waals surface area contributed by atoms with Crippen molar-refractivity contribution in [2.45, 2.75) is 37.1 Å². The van der Waals surface area contributed by atoms with E-state index in [-0.39, 0.29) is 16.8 Å². The Kier molecular flexibility index (Phi) is 5.79. The number of halogens is 1. The van der Waals surface area contributed by atoms with Gasteiger partial charge in [0.15, 0.2) is 0 Å². The molecule has 3 rings (SSSR count). The summed E-state index contributed by atoms with van der Waals surface area (Å²) < 4.78 is 28.0. The Morgan fingerprint density at radius 1 is 1.12 bits per heavy atom. The highest BCUT2D eigenvalue weighted by Gasteiger charge is 2.30. The largest absolute Gasteiger partial charge is 0.321 e. The summed E-state index contributed by atoms with van der Waals surface area (Å²) in [5, 5.41) is 2.81. The molecule has 5 nitrogen and oxygen atoms in total. The average Bonchev–Trinajstić information content (AvgIpc) is 2.64. The highest BCUT2D eigenvalue weighted by Crippen LogP contribution is 2.26. The van der Waals surface area contributed by atoms with Gasteiger partial charge in [0.05, 0.1) is 10.6 Å². The molecule has 2 aromatic rings. The van der Waals surface area contributed by atoms with Crippen molar-refractivity contribution in [2.24, 2.45) is 0 Å². The number of carbonyl (C=O) groups excluding carboxylic acids is 1. The van der Waals surface area contributed by atoms with Gasteiger partial charge in [-0.25, -0.2) is 8.42 Å². The second-order valence-electron chi connectivity index (χ2n) is 6.42. The number of nitrogens with zero attached hydrogens (tertiary/aromatic N) is 1. The number of carbonyl (C=O) groups is 1. The molecule has 1 aliphatic rings. The van der Waals surface area contributed by atoms with Crippen LogP contribution in [0.4, 0.5) is 5.69 Å². The molecule has 0 bridgehead atoms. The number of hydrogen-bond donors (Lipinski definition) is 1. The van der Waals surface area contributed by atoms with Crippen molar-refractivity contribution < 1.29 is 13.2 Å². The molecule has 138 valence electrons. The van der Waals surface area contributed by atoms with Crippen LogP contribution in [0.5, 0.6) is 0 Å². The van der Waals surface area contributed by atoms with E-state index in [4.69, 9.17) is 0 Å². The maximum atomic E-state index is 12.8. The molecule has 2 aromatic carbocycles. The third kappa shape index (κ3) is 4.00. The van der Waals surface area contributed by atoms with E-state index in [9.17, 15) is 13.2 Å². The maximum absolute atomic E-state index is 12.8. The first-order valence-electron chi connectivity index (χ1n) is 8.57. The maximum Gasteiger partial charge on any atom is 0.255 e. The molecule has 0 radical (unpaired) electrons. The molecule has 26 heavy (non-hydrogen) atoms. The summed E-state index contributed by atoms with van der Waals surface area (Å²) in [6.45, 7) is 2.49. The lowest BCUT2D eigenvalue weighted by molar-refractivity contribution is 0.102. The number of benzene rings is 2. The van der Waals surface area contributed by atoms with Gasteiger partial charge in [0.1, 0.15) is 0 Å². The van der Waals surface area contributed by atoms with Crippen LogP contribution in [-0.4, -0.2) is 31.2 Å². The van der Waals surface area contributed by atoms with E-state index in [1.165, 1.54) is 12.1 Å². The molecule has 1 heterocycles. The van der Waals surface area contributed by atoms with Crippen molar-refractivity contribution in [3.63, 3.8) is 0 Å². The van der Waals surface area contributed by atoms with E-state index in [0.29, 0.717) is 17.8 Å². The first-order valence-corrected chi connectivity index (χ1v) is 10.8. The fourth-order valence-corrected chi connectivity index (χ4v) is 5.18. The minimum absolute atomic E-state index is 0.00663. The molecule has 1 saturated heterocycles. The molecule has 1 N–H and O–H groups in total. The lowest BCUT2D eigenvalue weighted by atomic mass is 10.1. The first kappa shape index (κ1) is 19.1. The first-order chi connectivity index (χ1) is 12.4. The molecule has 1 fully saturated rings. The number of para-hydroxylation sites is 1. The zero-order valence-electron chi connectivity index (χ0n) is 14.5. The Bertz CT molecular complexity index is 897. The Balaban J connectivity index is 1.77. The minimum Gasteiger partial charge on any atom is -0.321 e. The van der Waals surface area contributed by atoms with Crippen LogP contribution in [0, 0.1) is 0 Å². The number of hydrogen-bond acceptors (Lipinski definition) is 3. The van der Waals surface area contributed by atoms with Gasteiger partial charge in [-0.15, -0.1) is 0 Å². The van der Waals surface area contributed by atoms with Crippen molar-refractivity contribution >= 4 is 37.5 Å². The summed E-state index contributed by atoms with van der Waals surface area (Å²) in [6.07, 6.45) is 2.82. The number of anilines is 1. The molecule has 0 saturated carbocycles. The van der Waals surface area contributed by atoms with Gasteiger partial charge < -0.3 is 5.32 Å². The smallest absolute Gasteiger partial charge is 0.255 e. The van der Waals surface area contributed by atoms with E-state index >= 15 is 0 Å². The average molecular weight is 437 g/mol. The second kappa shape index (κ2) is 7.90. The van der Waals surface area contributed by atoms with Crippen LogP contribution < -0.4 is 5.32 Å². The van der Waals surface area contributed by atoms with Crippen LogP contribution in [0.2, 0.25) is 0 Å². The summed E-state index contributed by atoms with van der Waals surface area (Å²) >= 11 is 3.39. The summed E-state index contributed by atoms with van der Waals surface area (Å²) in [5.74, 6) is -0.285. The molecule has 0 aromatic heterocycles. The Hall–Kier alpha value is -1.70. The number of piperidine rings is 1. The monoisotopic (exact) mass is 436 g/mol. The molecule has 7 heteroatoms. The zero-order valence-corrected chi connectivity index (χ0v) is 16.9. The van der Waals surface area contributed by atoms with Crippen LogP contribution in [0.25, 0.3) is 0 Å². The van der Waals surface area contributed by atoms with Gasteiger partial charge in [-0.1, -0.05) is 18.6 Å². The molecular weight excluding hydrogens is 416 g/mol. The number of rotatable bonds is 4. The molecule has 0 unspecified atom stereocenters. The molecule has 1 aliphatic heterocycles. The molecule has 1 amide bonds. The number of sulfonamides is 1. The highest BCUT2D eigenvalue weighted by molar-refractivity contribution is 9.10. The van der Waals surface area contributed by atoms with Crippen LogP contribution in [0.15, 0.2) is 57.9 Å². The van der Waals surface area contributed by atoms with Gasteiger partial charge in [-0.3, -0.25) is 4.79 Å². The van der Waals surface area contributed by atoms with E-state index in [1.807, 2.05) is 25.1 Å². The highest BCUT2D eigenvalue weighted by atomic mass is 79.9. The van der Waals surface area contributed by atoms with Crippen LogP contribution in [0.1, 0.15) is 36.5 Å². The standard InChI is InChI=1S/C19H21BrN2O3S/c1-14-6-4-5-13-22(14)26(24,25)16-11-9-15(10-12-16)19(23)21-18-8-3-2-7-17(18)20/h2-3,7-12,14H,4-6,13H2,1H3,(H,21,23)/t14-/m1/s1. The van der Waals surface area contributed by atoms with Crippen LogP contribution in [-0.2, 0) is 10.0 Å². The predicted octanol–water partition coefficient (Wildman–Crippen LogP) is 4.26. The van der Waals surface area contributed by atoms with Crippen molar-refractivity contribution in [3.05, 3.63) is 58.6 Å². The third-order valence-electron chi connectivity index (χ3n) is 4.59. The van der Waals surface area contributed by atoms with Gasteiger partial charge >= 0.3 is 0 Å². The van der Waals surface area contributed by atoms with E-state index in [1.54, 1.807) is 22.5 Å². The van der Waals surface area contributed by atoms with Gasteiger partial charge in [-0.05, 0) is 72.1 Å². The van der Waals surface area contributed by atoms with Gasteiger partial charge in [-0.2, -0.15) is 4.31 Å². The van der Waals surface area contributed by atoms with Crippen molar-refractivity contribution in [3.8, 4) is 0 Å². The summed E-state index contributed by atoms with van der Waals surface area (Å²) in [7, 11) is -3.53. The minimum atomic E-state index is -3.53. The Morgan fingerprint density at radius 3 is 2.46 bits per heavy atom. The van der Waals surface area contributed by atoms with Crippen LogP contribution >= 0.6 is 15.9 Å². The van der Waals surface area contributed by atoms with E-state index in [2.05, 4.69) is 21.2 Å². The lowest BCUT2D eigenvalue weighted by Gasteiger charge is -2.32. The molecule has 0 spiro atoms. The summed E-state index contributed by atoms with van der Waals surface area (Å²) in [4.78, 5) is 12.6. The zero-order chi connectivity index (χ0) is 18.7. The van der Waals surface area contributed by atoms with Gasteiger partial charge in [0, 0.05) is 22.6 Å². The fraction of sp³-hybridized carbons (Fsp3) is 0.316. The van der Waals surface area contributed by atoms with E-state index < -0.39 is 10.0 Å². The van der Waals surface area contributed by atoms with E-state index in [0.717, 1.165) is 23.7 Å². The van der Waals surface area contributed by atoms with Crippen molar-refractivity contribution in [1.82, 2.24) is 4.31 Å². The van der Waals surface area contributed by atoms with Gasteiger partial charge in [0.25, 0.3) is 5.91 Å². The Labute approximate surface area is 162 Å². The SMILES string of the molecule is C[C@@H]1CCCCN1S(=O)(=O)c1ccc(C(=O)Nc2ccccc2Br)cc1. The normalized spacial score (nSPS) is 18.5. The molecule has 1 atom stereocenters. The van der Waals surface area contributed by atoms with Gasteiger partial charge in [0.2, 0.25) is 10.0 Å². The van der Waals surface area contributed by atoms with Crippen molar-refractivity contribution in [2.75, 3.05) is 11.9 Å². The van der Waals surface area contributed by atoms with Crippen LogP contribution in [0.3, 0.4) is 0 Å². The summed E-state index contributed by atoms with van der Waals surface area (Å²) in [6, 6.07) is 13.4. The molecule has 0 aliphatic carbocycles. The quantitative estimate of drug-likeness (QED) is 0.777. The Morgan fingerprint density at radius 2 is 1.81 bits per heavy atom. The fourth-order valence-electron chi connectivity index (χ4n) is 3.10. The predicted molar refractivity (Wildman–Crippen MR) is 106 cm³/mol. The lowest BCUT2D eigenvalue weighted by Crippen LogP contribution is -2.41. The van der Waals surface area contributed by atoms with Crippen molar-refractivity contribution in [1.29, 1.82) is 0 Å². The topological polar surface area (TPSA) is 66.5 Å².